The monoisotopic (exact) mass is 293 g/mol. The summed E-state index contributed by atoms with van der Waals surface area (Å²) < 4.78 is 5.92. The van der Waals surface area contributed by atoms with Crippen LogP contribution >= 0.6 is 0 Å². The number of benzene rings is 1. The molecule has 0 amide bonds. The lowest BCUT2D eigenvalue weighted by Gasteiger charge is -2.21. The number of hydrogen-bond donors (Lipinski definition) is 0. The standard InChI is InChI=1S/C19H19NO2/c1-6-10-20(11-7-2)14-8-9-15-16(21)13-18(19(3,4)5)22-17(15)12-14/h1-2,8-9,12-13H,10-11H2,3-5H3. The highest BCUT2D eigenvalue weighted by Gasteiger charge is 2.19. The van der Waals surface area contributed by atoms with Crippen LogP contribution in [-0.4, -0.2) is 13.1 Å². The molecule has 0 N–H and O–H groups in total. The second-order valence-corrected chi connectivity index (χ2v) is 6.17. The Labute approximate surface area is 130 Å². The van der Waals surface area contributed by atoms with Crippen molar-refractivity contribution >= 4 is 16.7 Å². The van der Waals surface area contributed by atoms with E-state index in [4.69, 9.17) is 17.3 Å². The molecule has 0 spiro atoms. The Balaban J connectivity index is 2.60. The quantitative estimate of drug-likeness (QED) is 0.815. The van der Waals surface area contributed by atoms with Gasteiger partial charge in [-0.3, -0.25) is 4.79 Å². The molecular formula is C19H19NO2. The fraction of sp³-hybridized carbons (Fsp3) is 0.316. The Kier molecular flexibility index (Phi) is 4.29. The lowest BCUT2D eigenvalue weighted by molar-refractivity contribution is 0.421. The van der Waals surface area contributed by atoms with Crippen LogP contribution in [0.2, 0.25) is 0 Å². The van der Waals surface area contributed by atoms with Crippen molar-refractivity contribution in [3.8, 4) is 24.7 Å². The molecule has 0 aliphatic rings. The van der Waals surface area contributed by atoms with Gasteiger partial charge in [-0.2, -0.15) is 0 Å². The minimum absolute atomic E-state index is 0.0434. The summed E-state index contributed by atoms with van der Waals surface area (Å²) in [5.74, 6) is 5.82. The minimum Gasteiger partial charge on any atom is -0.460 e. The van der Waals surface area contributed by atoms with E-state index in [9.17, 15) is 4.79 Å². The van der Waals surface area contributed by atoms with Crippen LogP contribution in [0.3, 0.4) is 0 Å². The first-order valence-corrected chi connectivity index (χ1v) is 7.07. The largest absolute Gasteiger partial charge is 0.460 e. The van der Waals surface area contributed by atoms with E-state index in [0.29, 0.717) is 29.8 Å². The predicted octanol–water partition coefficient (Wildman–Crippen LogP) is 3.16. The zero-order valence-electron chi connectivity index (χ0n) is 13.1. The first-order chi connectivity index (χ1) is 10.4. The highest BCUT2D eigenvalue weighted by Crippen LogP contribution is 2.26. The van der Waals surface area contributed by atoms with Crippen molar-refractivity contribution in [2.45, 2.75) is 26.2 Å². The van der Waals surface area contributed by atoms with Gasteiger partial charge in [-0.25, -0.2) is 0 Å². The Morgan fingerprint density at radius 3 is 2.32 bits per heavy atom. The third-order valence-corrected chi connectivity index (χ3v) is 3.38. The second-order valence-electron chi connectivity index (χ2n) is 6.17. The van der Waals surface area contributed by atoms with Crippen LogP contribution in [0.25, 0.3) is 11.0 Å². The molecule has 0 aliphatic carbocycles. The SMILES string of the molecule is C#CCN(CC#C)c1ccc2c(=O)cc(C(C)(C)C)oc2c1. The van der Waals surface area contributed by atoms with Gasteiger partial charge in [0, 0.05) is 23.2 Å². The van der Waals surface area contributed by atoms with Crippen molar-refractivity contribution in [1.82, 2.24) is 0 Å². The van der Waals surface area contributed by atoms with Gasteiger partial charge < -0.3 is 9.32 Å². The van der Waals surface area contributed by atoms with E-state index in [1.807, 2.05) is 37.8 Å². The van der Waals surface area contributed by atoms with Gasteiger partial charge >= 0.3 is 0 Å². The van der Waals surface area contributed by atoms with Crippen molar-refractivity contribution in [1.29, 1.82) is 0 Å². The third kappa shape index (κ3) is 3.15. The summed E-state index contributed by atoms with van der Waals surface area (Å²) in [6, 6.07) is 6.97. The summed E-state index contributed by atoms with van der Waals surface area (Å²) >= 11 is 0. The molecule has 22 heavy (non-hydrogen) atoms. The Bertz CT molecular complexity index is 810. The number of terminal acetylenes is 2. The molecule has 0 unspecified atom stereocenters. The molecule has 0 fully saturated rings. The maximum absolute atomic E-state index is 12.2. The summed E-state index contributed by atoms with van der Waals surface area (Å²) in [6.45, 7) is 6.82. The molecule has 0 bridgehead atoms. The van der Waals surface area contributed by atoms with Gasteiger partial charge in [0.1, 0.15) is 11.3 Å². The number of fused-ring (bicyclic) bond motifs is 1. The van der Waals surface area contributed by atoms with Crippen LogP contribution < -0.4 is 10.3 Å². The minimum atomic E-state index is -0.235. The van der Waals surface area contributed by atoms with Crippen LogP contribution in [-0.2, 0) is 5.41 Å². The van der Waals surface area contributed by atoms with E-state index in [1.165, 1.54) is 0 Å². The topological polar surface area (TPSA) is 33.5 Å². The normalized spacial score (nSPS) is 11.0. The van der Waals surface area contributed by atoms with Gasteiger partial charge in [0.2, 0.25) is 0 Å². The van der Waals surface area contributed by atoms with Crippen molar-refractivity contribution in [2.75, 3.05) is 18.0 Å². The van der Waals surface area contributed by atoms with Crippen molar-refractivity contribution < 1.29 is 4.42 Å². The second kappa shape index (κ2) is 6.00. The molecule has 3 heteroatoms. The maximum Gasteiger partial charge on any atom is 0.192 e. The van der Waals surface area contributed by atoms with Crippen molar-refractivity contribution in [2.24, 2.45) is 0 Å². The Hall–Kier alpha value is -2.65. The van der Waals surface area contributed by atoms with Crippen LogP contribution in [0, 0.1) is 24.7 Å². The van der Waals surface area contributed by atoms with Crippen LogP contribution in [0.4, 0.5) is 5.69 Å². The van der Waals surface area contributed by atoms with E-state index < -0.39 is 0 Å². The van der Waals surface area contributed by atoms with Crippen LogP contribution in [0.15, 0.2) is 33.5 Å². The highest BCUT2D eigenvalue weighted by atomic mass is 16.3. The number of nitrogens with zero attached hydrogens (tertiary/aromatic N) is 1. The zero-order chi connectivity index (χ0) is 16.3. The molecule has 0 aliphatic heterocycles. The van der Waals surface area contributed by atoms with Gasteiger partial charge in [-0.05, 0) is 12.1 Å². The zero-order valence-corrected chi connectivity index (χ0v) is 13.1. The fourth-order valence-electron chi connectivity index (χ4n) is 2.17. The summed E-state index contributed by atoms with van der Waals surface area (Å²) in [4.78, 5) is 14.1. The average molecular weight is 293 g/mol. The number of rotatable bonds is 3. The average Bonchev–Trinajstić information content (AvgIpc) is 2.45. The molecule has 1 heterocycles. The Morgan fingerprint density at radius 2 is 1.77 bits per heavy atom. The summed E-state index contributed by atoms with van der Waals surface area (Å²) in [5.41, 5.74) is 1.12. The molecule has 112 valence electrons. The van der Waals surface area contributed by atoms with Crippen LogP contribution in [0.5, 0.6) is 0 Å². The third-order valence-electron chi connectivity index (χ3n) is 3.38. The fourth-order valence-corrected chi connectivity index (χ4v) is 2.17. The summed E-state index contributed by atoms with van der Waals surface area (Å²) in [5, 5.41) is 0.554. The summed E-state index contributed by atoms with van der Waals surface area (Å²) in [7, 11) is 0. The Morgan fingerprint density at radius 1 is 1.14 bits per heavy atom. The smallest absolute Gasteiger partial charge is 0.192 e. The maximum atomic E-state index is 12.2. The first kappa shape index (κ1) is 15.7. The predicted molar refractivity (Wildman–Crippen MR) is 91.1 cm³/mol. The molecule has 2 rings (SSSR count). The molecule has 1 aromatic carbocycles. The first-order valence-electron chi connectivity index (χ1n) is 7.07. The van der Waals surface area contributed by atoms with Crippen molar-refractivity contribution in [3.63, 3.8) is 0 Å². The summed E-state index contributed by atoms with van der Waals surface area (Å²) in [6.07, 6.45) is 10.8. The molecule has 1 aromatic heterocycles. The lowest BCUT2D eigenvalue weighted by Crippen LogP contribution is -2.23. The van der Waals surface area contributed by atoms with Gasteiger partial charge in [0.25, 0.3) is 0 Å². The van der Waals surface area contributed by atoms with E-state index in [2.05, 4.69) is 11.8 Å². The molecule has 0 saturated heterocycles. The van der Waals surface area contributed by atoms with E-state index in [-0.39, 0.29) is 10.8 Å². The van der Waals surface area contributed by atoms with Crippen LogP contribution in [0.1, 0.15) is 26.5 Å². The molecule has 3 nitrogen and oxygen atoms in total. The van der Waals surface area contributed by atoms with E-state index in [0.717, 1.165) is 5.69 Å². The molecule has 0 atom stereocenters. The van der Waals surface area contributed by atoms with E-state index >= 15 is 0 Å². The van der Waals surface area contributed by atoms with Gasteiger partial charge in [-0.1, -0.05) is 32.6 Å². The molecular weight excluding hydrogens is 274 g/mol. The number of hydrogen-bond acceptors (Lipinski definition) is 3. The van der Waals surface area contributed by atoms with Gasteiger partial charge in [-0.15, -0.1) is 12.8 Å². The molecule has 0 saturated carbocycles. The van der Waals surface area contributed by atoms with Gasteiger partial charge in [0.15, 0.2) is 5.43 Å². The van der Waals surface area contributed by atoms with Gasteiger partial charge in [0.05, 0.1) is 18.5 Å². The lowest BCUT2D eigenvalue weighted by atomic mass is 9.92. The molecule has 0 radical (unpaired) electrons. The molecule has 2 aromatic rings. The highest BCUT2D eigenvalue weighted by molar-refractivity contribution is 5.80. The van der Waals surface area contributed by atoms with E-state index in [1.54, 1.807) is 12.1 Å². The number of anilines is 1. The van der Waals surface area contributed by atoms with Crippen molar-refractivity contribution in [3.05, 3.63) is 40.2 Å².